The van der Waals surface area contributed by atoms with Crippen LogP contribution < -0.4 is 9.62 Å². The fourth-order valence-electron chi connectivity index (χ4n) is 2.22. The third-order valence-electron chi connectivity index (χ3n) is 3.49. The Hall–Kier alpha value is -1.44. The minimum Gasteiger partial charge on any atom is -0.312 e. The van der Waals surface area contributed by atoms with Gasteiger partial charge in [-0.1, -0.05) is 12.1 Å². The number of rotatable bonds is 5. The summed E-state index contributed by atoms with van der Waals surface area (Å²) < 4.78 is 27.0. The maximum absolute atomic E-state index is 11.9. The fourth-order valence-corrected chi connectivity index (χ4v) is 2.82. The van der Waals surface area contributed by atoms with Crippen molar-refractivity contribution in [2.45, 2.75) is 25.8 Å². The van der Waals surface area contributed by atoms with Gasteiger partial charge in [-0.25, -0.2) is 0 Å². The molecule has 0 spiro atoms. The van der Waals surface area contributed by atoms with Crippen molar-refractivity contribution in [3.8, 4) is 0 Å². The van der Waals surface area contributed by atoms with Gasteiger partial charge in [0.05, 0.1) is 0 Å². The van der Waals surface area contributed by atoms with E-state index >= 15 is 0 Å². The van der Waals surface area contributed by atoms with E-state index in [1.165, 1.54) is 14.1 Å². The standard InChI is InChI=1S/C14H21N3O3S/c1-16(2)21(19,20)15-11-12-6-5-7-13(10-12)17-9-4-3-8-14(17)18/h5-7,10,15H,3-4,8-9,11H2,1-2H3. The van der Waals surface area contributed by atoms with Gasteiger partial charge in [0.2, 0.25) is 5.91 Å². The summed E-state index contributed by atoms with van der Waals surface area (Å²) >= 11 is 0. The number of carbonyl (C=O) groups is 1. The summed E-state index contributed by atoms with van der Waals surface area (Å²) in [7, 11) is -0.487. The third-order valence-corrected chi connectivity index (χ3v) is 4.96. The molecule has 0 aromatic heterocycles. The van der Waals surface area contributed by atoms with E-state index < -0.39 is 10.2 Å². The molecule has 0 atom stereocenters. The SMILES string of the molecule is CN(C)S(=O)(=O)NCc1cccc(N2CCCCC2=O)c1. The molecule has 7 heteroatoms. The molecule has 1 heterocycles. The van der Waals surface area contributed by atoms with Crippen molar-refractivity contribution in [3.63, 3.8) is 0 Å². The number of carbonyl (C=O) groups excluding carboxylic acids is 1. The molecule has 0 aliphatic carbocycles. The highest BCUT2D eigenvalue weighted by Gasteiger charge is 2.20. The zero-order valence-electron chi connectivity index (χ0n) is 12.4. The number of nitrogens with one attached hydrogen (secondary N) is 1. The molecule has 0 bridgehead atoms. The van der Waals surface area contributed by atoms with Crippen LogP contribution in [-0.2, 0) is 21.5 Å². The Bertz CT molecular complexity index is 614. The number of anilines is 1. The monoisotopic (exact) mass is 311 g/mol. The summed E-state index contributed by atoms with van der Waals surface area (Å²) in [6, 6.07) is 7.43. The van der Waals surface area contributed by atoms with Gasteiger partial charge in [0, 0.05) is 39.3 Å². The smallest absolute Gasteiger partial charge is 0.279 e. The van der Waals surface area contributed by atoms with Gasteiger partial charge in [-0.15, -0.1) is 0 Å². The first-order valence-corrected chi connectivity index (χ1v) is 8.40. The van der Waals surface area contributed by atoms with E-state index in [4.69, 9.17) is 0 Å². The average Bonchev–Trinajstić information content (AvgIpc) is 2.46. The van der Waals surface area contributed by atoms with Crippen LogP contribution in [0.1, 0.15) is 24.8 Å². The Labute approximate surface area is 125 Å². The van der Waals surface area contributed by atoms with Crippen LogP contribution in [0.4, 0.5) is 5.69 Å². The van der Waals surface area contributed by atoms with Crippen LogP contribution in [0, 0.1) is 0 Å². The summed E-state index contributed by atoms with van der Waals surface area (Å²) in [5.41, 5.74) is 1.66. The topological polar surface area (TPSA) is 69.7 Å². The summed E-state index contributed by atoms with van der Waals surface area (Å²) in [4.78, 5) is 13.7. The molecule has 1 aromatic carbocycles. The molecule has 1 saturated heterocycles. The molecule has 1 fully saturated rings. The predicted octanol–water partition coefficient (Wildman–Crippen LogP) is 1.10. The Morgan fingerprint density at radius 1 is 1.29 bits per heavy atom. The number of hydrogen-bond acceptors (Lipinski definition) is 3. The first-order chi connectivity index (χ1) is 9.90. The number of piperidine rings is 1. The lowest BCUT2D eigenvalue weighted by atomic mass is 10.1. The second-order valence-corrected chi connectivity index (χ2v) is 7.25. The lowest BCUT2D eigenvalue weighted by Crippen LogP contribution is -2.36. The van der Waals surface area contributed by atoms with Gasteiger partial charge in [0.15, 0.2) is 0 Å². The maximum atomic E-state index is 11.9. The molecular formula is C14H21N3O3S. The summed E-state index contributed by atoms with van der Waals surface area (Å²) in [6.45, 7) is 0.933. The van der Waals surface area contributed by atoms with Crippen LogP contribution in [-0.4, -0.2) is 39.3 Å². The van der Waals surface area contributed by atoms with Gasteiger partial charge >= 0.3 is 0 Å². The van der Waals surface area contributed by atoms with E-state index in [1.807, 2.05) is 24.3 Å². The normalized spacial score (nSPS) is 16.5. The van der Waals surface area contributed by atoms with Crippen LogP contribution in [0.25, 0.3) is 0 Å². The van der Waals surface area contributed by atoms with Crippen molar-refractivity contribution in [3.05, 3.63) is 29.8 Å². The number of benzene rings is 1. The van der Waals surface area contributed by atoms with Gasteiger partial charge in [-0.05, 0) is 30.5 Å². The molecule has 6 nitrogen and oxygen atoms in total. The molecular weight excluding hydrogens is 290 g/mol. The van der Waals surface area contributed by atoms with E-state index in [2.05, 4.69) is 4.72 Å². The largest absolute Gasteiger partial charge is 0.312 e. The Balaban J connectivity index is 2.09. The molecule has 21 heavy (non-hydrogen) atoms. The van der Waals surface area contributed by atoms with Gasteiger partial charge in [-0.2, -0.15) is 17.4 Å². The highest BCUT2D eigenvalue weighted by Crippen LogP contribution is 2.21. The second kappa shape index (κ2) is 6.55. The number of amides is 1. The van der Waals surface area contributed by atoms with Crippen molar-refractivity contribution in [2.75, 3.05) is 25.5 Å². The van der Waals surface area contributed by atoms with E-state index in [0.29, 0.717) is 6.42 Å². The minimum atomic E-state index is -3.44. The van der Waals surface area contributed by atoms with Gasteiger partial charge in [0.25, 0.3) is 10.2 Å². The van der Waals surface area contributed by atoms with Crippen molar-refractivity contribution < 1.29 is 13.2 Å². The fraction of sp³-hybridized carbons (Fsp3) is 0.500. The van der Waals surface area contributed by atoms with E-state index in [0.717, 1.165) is 34.9 Å². The van der Waals surface area contributed by atoms with Gasteiger partial charge < -0.3 is 4.90 Å². The number of nitrogens with zero attached hydrogens (tertiary/aromatic N) is 2. The first kappa shape index (κ1) is 15.9. The molecule has 0 saturated carbocycles. The molecule has 1 aliphatic rings. The van der Waals surface area contributed by atoms with E-state index in [-0.39, 0.29) is 12.5 Å². The number of hydrogen-bond donors (Lipinski definition) is 1. The predicted molar refractivity (Wildman–Crippen MR) is 82.1 cm³/mol. The molecule has 1 amide bonds. The molecule has 116 valence electrons. The Morgan fingerprint density at radius 2 is 2.05 bits per heavy atom. The quantitative estimate of drug-likeness (QED) is 0.885. The average molecular weight is 311 g/mol. The van der Waals surface area contributed by atoms with Crippen molar-refractivity contribution in [1.29, 1.82) is 0 Å². The first-order valence-electron chi connectivity index (χ1n) is 6.96. The van der Waals surface area contributed by atoms with Gasteiger partial charge in [0.1, 0.15) is 0 Å². The zero-order chi connectivity index (χ0) is 15.5. The lowest BCUT2D eigenvalue weighted by molar-refractivity contribution is -0.119. The summed E-state index contributed by atoms with van der Waals surface area (Å²) in [5.74, 6) is 0.132. The molecule has 1 aromatic rings. The van der Waals surface area contributed by atoms with Gasteiger partial charge in [-0.3, -0.25) is 4.79 Å². The van der Waals surface area contributed by atoms with E-state index in [1.54, 1.807) is 4.90 Å². The minimum absolute atomic E-state index is 0.132. The van der Waals surface area contributed by atoms with Crippen LogP contribution in [0.15, 0.2) is 24.3 Å². The molecule has 1 N–H and O–H groups in total. The molecule has 1 aliphatic heterocycles. The lowest BCUT2D eigenvalue weighted by Gasteiger charge is -2.27. The Morgan fingerprint density at radius 3 is 2.71 bits per heavy atom. The van der Waals surface area contributed by atoms with Crippen LogP contribution in [0.5, 0.6) is 0 Å². The molecule has 0 unspecified atom stereocenters. The van der Waals surface area contributed by atoms with Crippen molar-refractivity contribution >= 4 is 21.8 Å². The third kappa shape index (κ3) is 4.03. The maximum Gasteiger partial charge on any atom is 0.279 e. The zero-order valence-corrected chi connectivity index (χ0v) is 13.2. The summed E-state index contributed by atoms with van der Waals surface area (Å²) in [5, 5.41) is 0. The molecule has 2 rings (SSSR count). The molecule has 0 radical (unpaired) electrons. The van der Waals surface area contributed by atoms with Crippen molar-refractivity contribution in [2.24, 2.45) is 0 Å². The Kier molecular flexibility index (Phi) is 4.97. The van der Waals surface area contributed by atoms with Crippen molar-refractivity contribution in [1.82, 2.24) is 9.03 Å². The summed E-state index contributed by atoms with van der Waals surface area (Å²) in [6.07, 6.45) is 2.53. The second-order valence-electron chi connectivity index (χ2n) is 5.28. The van der Waals surface area contributed by atoms with E-state index in [9.17, 15) is 13.2 Å². The van der Waals surface area contributed by atoms with Crippen LogP contribution in [0.3, 0.4) is 0 Å². The highest BCUT2D eigenvalue weighted by atomic mass is 32.2. The van der Waals surface area contributed by atoms with Crippen LogP contribution in [0.2, 0.25) is 0 Å². The highest BCUT2D eigenvalue weighted by molar-refractivity contribution is 7.87. The van der Waals surface area contributed by atoms with Crippen LogP contribution >= 0.6 is 0 Å².